The topological polar surface area (TPSA) is 56.0 Å². The first-order chi connectivity index (χ1) is 12.8. The fourth-order valence-electron chi connectivity index (χ4n) is 2.76. The van der Waals surface area contributed by atoms with E-state index >= 15 is 0 Å². The minimum atomic E-state index is -0.0180. The third kappa shape index (κ3) is 4.28. The van der Waals surface area contributed by atoms with Gasteiger partial charge in [-0.25, -0.2) is 0 Å². The van der Waals surface area contributed by atoms with E-state index in [0.29, 0.717) is 23.0 Å². The smallest absolute Gasteiger partial charge is 0.264 e. The Morgan fingerprint density at radius 3 is 2.70 bits per heavy atom. The summed E-state index contributed by atoms with van der Waals surface area (Å²) in [5.41, 5.74) is 3.64. The van der Waals surface area contributed by atoms with Crippen molar-refractivity contribution < 1.29 is 4.79 Å². The van der Waals surface area contributed by atoms with Crippen molar-refractivity contribution in [2.24, 2.45) is 0 Å². The highest BCUT2D eigenvalue weighted by atomic mass is 79.9. The molecule has 0 N–H and O–H groups in total. The number of nitrogens with zero attached hydrogens (tertiary/aromatic N) is 5. The van der Waals surface area contributed by atoms with E-state index in [1.165, 1.54) is 11.3 Å². The molecule has 0 saturated carbocycles. The fraction of sp³-hybridized carbons (Fsp3) is 0.389. The van der Waals surface area contributed by atoms with E-state index in [2.05, 4.69) is 26.1 Å². The molecule has 0 aliphatic rings. The average Bonchev–Trinajstić information content (AvgIpc) is 3.31. The summed E-state index contributed by atoms with van der Waals surface area (Å²) in [4.78, 5) is 15.2. The first kappa shape index (κ1) is 20.1. The van der Waals surface area contributed by atoms with Gasteiger partial charge in [0.05, 0.1) is 44.5 Å². The van der Waals surface area contributed by atoms with Gasteiger partial charge in [0.25, 0.3) is 5.91 Å². The molecule has 0 saturated heterocycles. The van der Waals surface area contributed by atoms with Crippen LogP contribution in [-0.4, -0.2) is 37.4 Å². The second kappa shape index (κ2) is 8.16. The lowest BCUT2D eigenvalue weighted by molar-refractivity contribution is 0.0787. The summed E-state index contributed by atoms with van der Waals surface area (Å²) in [7, 11) is 1.79. The lowest BCUT2D eigenvalue weighted by atomic mass is 10.3. The van der Waals surface area contributed by atoms with Crippen LogP contribution in [0.2, 0.25) is 5.02 Å². The molecule has 144 valence electrons. The van der Waals surface area contributed by atoms with Crippen LogP contribution in [0.3, 0.4) is 0 Å². The average molecular weight is 471 g/mol. The van der Waals surface area contributed by atoms with Gasteiger partial charge < -0.3 is 4.90 Å². The van der Waals surface area contributed by atoms with Gasteiger partial charge in [0.1, 0.15) is 0 Å². The van der Waals surface area contributed by atoms with Crippen LogP contribution >= 0.6 is 38.9 Å². The maximum absolute atomic E-state index is 12.8. The molecule has 0 aliphatic carbocycles. The van der Waals surface area contributed by atoms with Crippen LogP contribution in [0.15, 0.2) is 22.1 Å². The minimum absolute atomic E-state index is 0.0180. The van der Waals surface area contributed by atoms with Crippen molar-refractivity contribution in [3.8, 4) is 0 Å². The molecule has 9 heteroatoms. The number of hydrogen-bond acceptors (Lipinski definition) is 4. The van der Waals surface area contributed by atoms with Crippen molar-refractivity contribution in [1.82, 2.24) is 24.5 Å². The maximum atomic E-state index is 12.8. The molecule has 1 amide bonds. The van der Waals surface area contributed by atoms with Crippen molar-refractivity contribution in [2.75, 3.05) is 7.05 Å². The zero-order valence-corrected chi connectivity index (χ0v) is 18.8. The van der Waals surface area contributed by atoms with Crippen LogP contribution < -0.4 is 0 Å². The number of aryl methyl sites for hydroxylation is 2. The first-order valence-corrected chi connectivity index (χ1v) is 10.6. The number of carbonyl (C=O) groups is 1. The monoisotopic (exact) mass is 469 g/mol. The summed E-state index contributed by atoms with van der Waals surface area (Å²) in [6.45, 7) is 7.71. The summed E-state index contributed by atoms with van der Waals surface area (Å²) in [6, 6.07) is 1.92. The molecule has 3 aromatic rings. The zero-order chi connectivity index (χ0) is 19.7. The van der Waals surface area contributed by atoms with Crippen LogP contribution in [-0.2, 0) is 19.6 Å². The fourth-order valence-corrected chi connectivity index (χ4v) is 4.24. The third-order valence-electron chi connectivity index (χ3n) is 4.33. The molecule has 3 aromatic heterocycles. The van der Waals surface area contributed by atoms with Gasteiger partial charge in [0, 0.05) is 19.8 Å². The number of aromatic nitrogens is 4. The molecule has 0 aliphatic heterocycles. The van der Waals surface area contributed by atoms with E-state index in [4.69, 9.17) is 11.6 Å². The number of thiophene rings is 1. The number of amides is 1. The van der Waals surface area contributed by atoms with E-state index < -0.39 is 0 Å². The number of hydrogen-bond donors (Lipinski definition) is 0. The Kier molecular flexibility index (Phi) is 6.08. The maximum Gasteiger partial charge on any atom is 0.264 e. The quantitative estimate of drug-likeness (QED) is 0.532. The van der Waals surface area contributed by atoms with Gasteiger partial charge in [-0.15, -0.1) is 11.3 Å². The van der Waals surface area contributed by atoms with Gasteiger partial charge in [0.2, 0.25) is 0 Å². The van der Waals surface area contributed by atoms with E-state index in [-0.39, 0.29) is 5.91 Å². The van der Waals surface area contributed by atoms with E-state index in [1.54, 1.807) is 11.9 Å². The second-order valence-electron chi connectivity index (χ2n) is 6.40. The molecule has 6 nitrogen and oxygen atoms in total. The summed E-state index contributed by atoms with van der Waals surface area (Å²) in [6.07, 6.45) is 1.93. The van der Waals surface area contributed by atoms with Gasteiger partial charge in [0.15, 0.2) is 0 Å². The standard InChI is InChI=1S/C18H21BrClN5OS/c1-5-24-8-14(19)15(22-24)9-23(4)18(26)16-6-13(10-27-16)7-25-12(3)17(20)11(2)21-25/h6,8,10H,5,7,9H2,1-4H3. The highest BCUT2D eigenvalue weighted by Crippen LogP contribution is 2.23. The summed E-state index contributed by atoms with van der Waals surface area (Å²) < 4.78 is 4.63. The predicted octanol–water partition coefficient (Wildman–Crippen LogP) is 4.51. The van der Waals surface area contributed by atoms with Gasteiger partial charge >= 0.3 is 0 Å². The summed E-state index contributed by atoms with van der Waals surface area (Å²) >= 11 is 11.2. The Balaban J connectivity index is 1.70. The van der Waals surface area contributed by atoms with Crippen molar-refractivity contribution in [3.05, 3.63) is 54.7 Å². The lowest BCUT2D eigenvalue weighted by Gasteiger charge is -2.15. The molecule has 0 fully saturated rings. The SMILES string of the molecule is CCn1cc(Br)c(CN(C)C(=O)c2cc(Cn3nc(C)c(Cl)c3C)cs2)n1. The van der Waals surface area contributed by atoms with Crippen molar-refractivity contribution >= 4 is 44.8 Å². The number of rotatable bonds is 6. The van der Waals surface area contributed by atoms with Crippen LogP contribution in [0, 0.1) is 13.8 Å². The Morgan fingerprint density at radius 2 is 2.11 bits per heavy atom. The van der Waals surface area contributed by atoms with E-state index in [0.717, 1.165) is 33.7 Å². The molecular weight excluding hydrogens is 450 g/mol. The molecule has 0 spiro atoms. The summed E-state index contributed by atoms with van der Waals surface area (Å²) in [5.74, 6) is -0.0180. The third-order valence-corrected chi connectivity index (χ3v) is 6.51. The second-order valence-corrected chi connectivity index (χ2v) is 8.55. The van der Waals surface area contributed by atoms with Gasteiger partial charge in [-0.2, -0.15) is 10.2 Å². The van der Waals surface area contributed by atoms with Gasteiger partial charge in [-0.3, -0.25) is 14.2 Å². The van der Waals surface area contributed by atoms with Crippen LogP contribution in [0.4, 0.5) is 0 Å². The molecular formula is C18H21BrClN5OS. The minimum Gasteiger partial charge on any atom is -0.335 e. The normalized spacial score (nSPS) is 11.2. The molecule has 0 bridgehead atoms. The van der Waals surface area contributed by atoms with Gasteiger partial charge in [-0.1, -0.05) is 11.6 Å². The first-order valence-electron chi connectivity index (χ1n) is 8.54. The number of halogens is 2. The highest BCUT2D eigenvalue weighted by molar-refractivity contribution is 9.10. The Morgan fingerprint density at radius 1 is 1.37 bits per heavy atom. The molecule has 0 radical (unpaired) electrons. The van der Waals surface area contributed by atoms with Gasteiger partial charge in [-0.05, 0) is 53.7 Å². The van der Waals surface area contributed by atoms with Crippen molar-refractivity contribution in [3.63, 3.8) is 0 Å². The molecule has 3 rings (SSSR count). The van der Waals surface area contributed by atoms with Crippen molar-refractivity contribution in [1.29, 1.82) is 0 Å². The summed E-state index contributed by atoms with van der Waals surface area (Å²) in [5, 5.41) is 11.6. The molecule has 0 aromatic carbocycles. The van der Waals surface area contributed by atoms with Crippen LogP contribution in [0.5, 0.6) is 0 Å². The van der Waals surface area contributed by atoms with E-state index in [1.807, 2.05) is 47.8 Å². The Bertz CT molecular complexity index is 977. The van der Waals surface area contributed by atoms with Crippen molar-refractivity contribution in [2.45, 2.75) is 40.4 Å². The molecule has 27 heavy (non-hydrogen) atoms. The Labute approximate surface area is 175 Å². The Hall–Kier alpha value is -1.64. The predicted molar refractivity (Wildman–Crippen MR) is 112 cm³/mol. The highest BCUT2D eigenvalue weighted by Gasteiger charge is 2.18. The lowest BCUT2D eigenvalue weighted by Crippen LogP contribution is -2.26. The molecule has 0 unspecified atom stereocenters. The largest absolute Gasteiger partial charge is 0.335 e. The molecule has 3 heterocycles. The van der Waals surface area contributed by atoms with Crippen LogP contribution in [0.1, 0.15) is 39.2 Å². The zero-order valence-electron chi connectivity index (χ0n) is 15.7. The van der Waals surface area contributed by atoms with Crippen LogP contribution in [0.25, 0.3) is 0 Å². The molecule has 0 atom stereocenters. The van der Waals surface area contributed by atoms with E-state index in [9.17, 15) is 4.79 Å². The number of carbonyl (C=O) groups excluding carboxylic acids is 1.